The van der Waals surface area contributed by atoms with Crippen LogP contribution in [0.3, 0.4) is 0 Å². The Bertz CT molecular complexity index is 485. The van der Waals surface area contributed by atoms with Crippen molar-refractivity contribution in [2.75, 3.05) is 19.8 Å². The summed E-state index contributed by atoms with van der Waals surface area (Å²) in [5, 5.41) is 55.4. The lowest BCUT2D eigenvalue weighted by Gasteiger charge is -2.28. The highest BCUT2D eigenvalue weighted by Gasteiger charge is 2.33. The SMILES string of the molecule is O=C[C@H](OC(CO)COC(=O)CCCCCCCCC(=O)O)[C@@H](O)[C@H](O)[C@H](O)CO. The third-order valence-corrected chi connectivity index (χ3v) is 4.41. The molecular formula is C19H34O11. The summed E-state index contributed by atoms with van der Waals surface area (Å²) in [5.41, 5.74) is 0. The fraction of sp³-hybridized carbons (Fsp3) is 0.842. The van der Waals surface area contributed by atoms with Crippen LogP contribution in [0.2, 0.25) is 0 Å². The molecule has 0 aliphatic rings. The summed E-state index contributed by atoms with van der Waals surface area (Å²) in [6.45, 7) is -1.84. The van der Waals surface area contributed by atoms with Gasteiger partial charge in [0.15, 0.2) is 6.29 Å². The second-order valence-electron chi connectivity index (χ2n) is 6.97. The van der Waals surface area contributed by atoms with E-state index in [1.54, 1.807) is 0 Å². The molecule has 5 atom stereocenters. The Morgan fingerprint density at radius 2 is 1.40 bits per heavy atom. The number of ether oxygens (including phenoxy) is 2. The van der Waals surface area contributed by atoms with Gasteiger partial charge in [0.1, 0.15) is 37.1 Å². The number of aliphatic hydroxyl groups excluding tert-OH is 5. The van der Waals surface area contributed by atoms with E-state index in [-0.39, 0.29) is 25.7 Å². The largest absolute Gasteiger partial charge is 0.481 e. The van der Waals surface area contributed by atoms with Crippen LogP contribution >= 0.6 is 0 Å². The third-order valence-electron chi connectivity index (χ3n) is 4.41. The number of carboxylic acid groups (broad SMARTS) is 1. The highest BCUT2D eigenvalue weighted by Crippen LogP contribution is 2.11. The van der Waals surface area contributed by atoms with Crippen molar-refractivity contribution in [3.63, 3.8) is 0 Å². The van der Waals surface area contributed by atoms with Crippen molar-refractivity contribution in [1.29, 1.82) is 0 Å². The molecule has 1 unspecified atom stereocenters. The van der Waals surface area contributed by atoms with E-state index < -0.39 is 55.7 Å². The van der Waals surface area contributed by atoms with Crippen molar-refractivity contribution in [3.8, 4) is 0 Å². The molecule has 0 aromatic rings. The smallest absolute Gasteiger partial charge is 0.305 e. The van der Waals surface area contributed by atoms with Gasteiger partial charge in [0, 0.05) is 12.8 Å². The first-order chi connectivity index (χ1) is 14.3. The monoisotopic (exact) mass is 438 g/mol. The van der Waals surface area contributed by atoms with E-state index in [2.05, 4.69) is 0 Å². The van der Waals surface area contributed by atoms with Gasteiger partial charge in [0.25, 0.3) is 0 Å². The molecule has 0 saturated heterocycles. The van der Waals surface area contributed by atoms with Crippen molar-refractivity contribution < 1.29 is 54.5 Å². The topological polar surface area (TPSA) is 191 Å². The lowest BCUT2D eigenvalue weighted by atomic mass is 10.0. The highest BCUT2D eigenvalue weighted by atomic mass is 16.6. The number of carbonyl (C=O) groups is 3. The van der Waals surface area contributed by atoms with Crippen molar-refractivity contribution in [2.24, 2.45) is 0 Å². The number of carboxylic acids is 1. The van der Waals surface area contributed by atoms with E-state index in [9.17, 15) is 34.8 Å². The Morgan fingerprint density at radius 1 is 0.833 bits per heavy atom. The van der Waals surface area contributed by atoms with Crippen LogP contribution in [-0.4, -0.2) is 99.2 Å². The van der Waals surface area contributed by atoms with Crippen molar-refractivity contribution in [3.05, 3.63) is 0 Å². The maximum absolute atomic E-state index is 11.8. The number of hydrogen-bond acceptors (Lipinski definition) is 10. The maximum atomic E-state index is 11.8. The van der Waals surface area contributed by atoms with Crippen molar-refractivity contribution in [1.82, 2.24) is 0 Å². The first kappa shape index (κ1) is 28.4. The second-order valence-corrected chi connectivity index (χ2v) is 6.97. The predicted octanol–water partition coefficient (Wildman–Crippen LogP) is -1.24. The summed E-state index contributed by atoms with van der Waals surface area (Å²) in [7, 11) is 0. The lowest BCUT2D eigenvalue weighted by Crippen LogP contribution is -2.49. The number of aliphatic carboxylic acids is 1. The Hall–Kier alpha value is -1.63. The lowest BCUT2D eigenvalue weighted by molar-refractivity contribution is -0.169. The molecule has 0 fully saturated rings. The molecule has 6 N–H and O–H groups in total. The molecule has 30 heavy (non-hydrogen) atoms. The van der Waals surface area contributed by atoms with Crippen LogP contribution in [0.25, 0.3) is 0 Å². The minimum Gasteiger partial charge on any atom is -0.481 e. The van der Waals surface area contributed by atoms with E-state index in [0.717, 1.165) is 25.7 Å². The first-order valence-corrected chi connectivity index (χ1v) is 10.0. The Labute approximate surface area is 175 Å². The normalized spacial score (nSPS) is 16.3. The molecule has 0 saturated carbocycles. The average molecular weight is 438 g/mol. The zero-order valence-corrected chi connectivity index (χ0v) is 17.0. The van der Waals surface area contributed by atoms with Gasteiger partial charge in [0.05, 0.1) is 13.2 Å². The van der Waals surface area contributed by atoms with Gasteiger partial charge in [-0.25, -0.2) is 0 Å². The maximum Gasteiger partial charge on any atom is 0.305 e. The van der Waals surface area contributed by atoms with Crippen molar-refractivity contribution in [2.45, 2.75) is 81.9 Å². The number of carbonyl (C=O) groups excluding carboxylic acids is 2. The standard InChI is InChI=1S/C19H34O11/c20-9-13(30-15(11-22)19(28)18(27)14(23)10-21)12-29-17(26)8-6-4-2-1-3-5-7-16(24)25/h11,13-15,18-21,23,27-28H,1-10,12H2,(H,24,25)/t13?,14-,15+,18-,19-/m1/s1. The molecule has 0 aromatic heterocycles. The summed E-state index contributed by atoms with van der Waals surface area (Å²) in [6.07, 6.45) is -3.09. The average Bonchev–Trinajstić information content (AvgIpc) is 2.73. The molecule has 11 nitrogen and oxygen atoms in total. The van der Waals surface area contributed by atoms with Crippen LogP contribution in [0.5, 0.6) is 0 Å². The molecule has 0 aliphatic carbocycles. The fourth-order valence-electron chi connectivity index (χ4n) is 2.59. The number of unbranched alkanes of at least 4 members (excludes halogenated alkanes) is 5. The molecule has 11 heteroatoms. The Kier molecular flexibility index (Phi) is 16.2. The van der Waals surface area contributed by atoms with Crippen LogP contribution in [0.15, 0.2) is 0 Å². The van der Waals surface area contributed by atoms with Crippen LogP contribution in [-0.2, 0) is 23.9 Å². The minimum absolute atomic E-state index is 0.147. The number of hydrogen-bond donors (Lipinski definition) is 6. The summed E-state index contributed by atoms with van der Waals surface area (Å²) in [5.74, 6) is -1.34. The third kappa shape index (κ3) is 12.8. The number of esters is 1. The number of rotatable bonds is 19. The minimum atomic E-state index is -1.86. The van der Waals surface area contributed by atoms with Gasteiger partial charge in [0.2, 0.25) is 0 Å². The van der Waals surface area contributed by atoms with Gasteiger partial charge < -0.3 is 44.9 Å². The Morgan fingerprint density at radius 3 is 1.90 bits per heavy atom. The molecule has 0 rings (SSSR count). The van der Waals surface area contributed by atoms with Gasteiger partial charge in [-0.3, -0.25) is 9.59 Å². The van der Waals surface area contributed by atoms with E-state index >= 15 is 0 Å². The highest BCUT2D eigenvalue weighted by molar-refractivity contribution is 5.69. The Balaban J connectivity index is 4.12. The van der Waals surface area contributed by atoms with Crippen molar-refractivity contribution >= 4 is 18.2 Å². The van der Waals surface area contributed by atoms with Crippen LogP contribution in [0, 0.1) is 0 Å². The van der Waals surface area contributed by atoms with Gasteiger partial charge >= 0.3 is 11.9 Å². The van der Waals surface area contributed by atoms with E-state index in [1.165, 1.54) is 0 Å². The van der Waals surface area contributed by atoms with Gasteiger partial charge in [-0.05, 0) is 12.8 Å². The summed E-state index contributed by atoms with van der Waals surface area (Å²) in [4.78, 5) is 33.2. The van der Waals surface area contributed by atoms with E-state index in [1.807, 2.05) is 0 Å². The molecule has 0 spiro atoms. The summed E-state index contributed by atoms with van der Waals surface area (Å²) >= 11 is 0. The molecular weight excluding hydrogens is 404 g/mol. The zero-order valence-electron chi connectivity index (χ0n) is 17.0. The van der Waals surface area contributed by atoms with E-state index in [4.69, 9.17) is 19.7 Å². The van der Waals surface area contributed by atoms with Crippen LogP contribution in [0.4, 0.5) is 0 Å². The van der Waals surface area contributed by atoms with Gasteiger partial charge in [-0.2, -0.15) is 0 Å². The van der Waals surface area contributed by atoms with E-state index in [0.29, 0.717) is 12.8 Å². The van der Waals surface area contributed by atoms with Gasteiger partial charge in [-0.1, -0.05) is 25.7 Å². The van der Waals surface area contributed by atoms with Crippen LogP contribution in [0.1, 0.15) is 51.4 Å². The molecule has 0 bridgehead atoms. The first-order valence-electron chi connectivity index (χ1n) is 10.0. The van der Waals surface area contributed by atoms with Gasteiger partial charge in [-0.15, -0.1) is 0 Å². The number of aldehydes is 1. The predicted molar refractivity (Wildman–Crippen MR) is 102 cm³/mol. The molecule has 0 amide bonds. The zero-order chi connectivity index (χ0) is 22.9. The second kappa shape index (κ2) is 17.1. The molecule has 0 aromatic carbocycles. The molecule has 176 valence electrons. The van der Waals surface area contributed by atoms with Crippen LogP contribution < -0.4 is 0 Å². The quantitative estimate of drug-likeness (QED) is 0.0802. The molecule has 0 heterocycles. The fourth-order valence-corrected chi connectivity index (χ4v) is 2.59. The summed E-state index contributed by atoms with van der Waals surface area (Å²) in [6, 6.07) is 0. The number of aliphatic hydroxyl groups is 5. The summed E-state index contributed by atoms with van der Waals surface area (Å²) < 4.78 is 10.1. The molecule has 0 radical (unpaired) electrons. The molecule has 0 aliphatic heterocycles.